The van der Waals surface area contributed by atoms with Crippen molar-refractivity contribution < 1.29 is 5.11 Å². The molecule has 310 valence electrons. The zero-order valence-electron chi connectivity index (χ0n) is 38.1. The molecule has 2 aromatic heterocycles. The van der Waals surface area contributed by atoms with Crippen LogP contribution in [0.15, 0.2) is 127 Å². The molecule has 0 fully saturated rings. The minimum atomic E-state index is -0.309. The summed E-state index contributed by atoms with van der Waals surface area (Å²) in [7, 11) is 0. The van der Waals surface area contributed by atoms with E-state index in [2.05, 4.69) is 209 Å². The Balaban J connectivity index is 1.49. The monoisotopic (exact) mass is 803 g/mol. The second-order valence-corrected chi connectivity index (χ2v) is 19.9. The molecule has 4 nitrogen and oxygen atoms in total. The third-order valence-electron chi connectivity index (χ3n) is 12.3. The molecule has 0 atom stereocenters. The molecule has 0 bridgehead atoms. The zero-order chi connectivity index (χ0) is 43.5. The average Bonchev–Trinajstić information content (AvgIpc) is 3.61. The summed E-state index contributed by atoms with van der Waals surface area (Å²) in [5.74, 6) is 1.71. The summed E-state index contributed by atoms with van der Waals surface area (Å²) in [6.45, 7) is 26.9. The molecule has 0 unspecified atom stereocenters. The van der Waals surface area contributed by atoms with Crippen molar-refractivity contribution in [3.8, 4) is 56.3 Å². The molecule has 8 rings (SSSR count). The Morgan fingerprint density at radius 2 is 1.18 bits per heavy atom. The summed E-state index contributed by atoms with van der Waals surface area (Å²) < 4.78 is 2.38. The summed E-state index contributed by atoms with van der Waals surface area (Å²) in [6, 6.07) is 45.9. The zero-order valence-corrected chi connectivity index (χ0v) is 38.1. The summed E-state index contributed by atoms with van der Waals surface area (Å²) in [5, 5.41) is 13.7. The first kappa shape index (κ1) is 41.7. The van der Waals surface area contributed by atoms with Crippen molar-refractivity contribution in [3.05, 3.63) is 155 Å². The number of hydrogen-bond acceptors (Lipinski definition) is 3. The Bertz CT molecular complexity index is 2890. The van der Waals surface area contributed by atoms with Crippen molar-refractivity contribution in [2.45, 2.75) is 112 Å². The van der Waals surface area contributed by atoms with E-state index in [1.165, 1.54) is 27.8 Å². The van der Waals surface area contributed by atoms with Gasteiger partial charge in [0.05, 0.1) is 33.5 Å². The highest BCUT2D eigenvalue weighted by Gasteiger charge is 2.30. The Hall–Kier alpha value is -6.00. The molecule has 0 spiro atoms. The Labute approximate surface area is 363 Å². The molecule has 6 aromatic carbocycles. The van der Waals surface area contributed by atoms with Gasteiger partial charge in [-0.2, -0.15) is 0 Å². The molecule has 61 heavy (non-hydrogen) atoms. The molecular formula is C57H61N3O. The lowest BCUT2D eigenvalue weighted by Gasteiger charge is -2.28. The smallest absolute Gasteiger partial charge is 0.149 e. The van der Waals surface area contributed by atoms with Crippen LogP contribution in [0.25, 0.3) is 72.5 Å². The summed E-state index contributed by atoms with van der Waals surface area (Å²) in [6.07, 6.45) is 0. The highest BCUT2D eigenvalue weighted by Crippen LogP contribution is 2.47. The molecule has 0 aliphatic carbocycles. The van der Waals surface area contributed by atoms with E-state index < -0.39 is 0 Å². The number of phenols is 1. The van der Waals surface area contributed by atoms with Crippen LogP contribution >= 0.6 is 0 Å². The fourth-order valence-corrected chi connectivity index (χ4v) is 8.68. The lowest BCUT2D eigenvalue weighted by molar-refractivity contribution is 0.446. The van der Waals surface area contributed by atoms with Crippen molar-refractivity contribution >= 4 is 21.9 Å². The van der Waals surface area contributed by atoms with Gasteiger partial charge < -0.3 is 5.11 Å². The van der Waals surface area contributed by atoms with Gasteiger partial charge in [0.2, 0.25) is 0 Å². The highest BCUT2D eigenvalue weighted by molar-refractivity contribution is 5.97. The van der Waals surface area contributed by atoms with Gasteiger partial charge in [0.15, 0.2) is 0 Å². The van der Waals surface area contributed by atoms with Crippen molar-refractivity contribution in [1.82, 2.24) is 14.5 Å². The number of para-hydroxylation sites is 2. The molecule has 1 N–H and O–H groups in total. The van der Waals surface area contributed by atoms with Gasteiger partial charge in [0.25, 0.3) is 0 Å². The number of fused-ring (bicyclic) bond motifs is 2. The predicted molar refractivity (Wildman–Crippen MR) is 259 cm³/mol. The SMILES string of the molecule is CC(C)c1cc(-c2ccc3ccccc3n2)cc(-c2cccc3c2nc(-c2cc(C(C)(C)C)cc(C(C)(C)C)c2O)n3-c2c(C(C)C)cc(-c3ccccc3)cc2C(C)C)c1. The van der Waals surface area contributed by atoms with Gasteiger partial charge in [-0.25, -0.2) is 9.97 Å². The van der Waals surface area contributed by atoms with E-state index in [0.29, 0.717) is 5.92 Å². The van der Waals surface area contributed by atoms with Crippen LogP contribution in [0.3, 0.4) is 0 Å². The molecule has 0 amide bonds. The van der Waals surface area contributed by atoms with Crippen LogP contribution in [0.1, 0.15) is 129 Å². The Morgan fingerprint density at radius 3 is 1.82 bits per heavy atom. The van der Waals surface area contributed by atoms with E-state index in [-0.39, 0.29) is 28.4 Å². The maximum Gasteiger partial charge on any atom is 0.149 e. The van der Waals surface area contributed by atoms with Crippen molar-refractivity contribution in [3.63, 3.8) is 0 Å². The number of aromatic nitrogens is 3. The Kier molecular flexibility index (Phi) is 10.8. The number of nitrogens with zero attached hydrogens (tertiary/aromatic N) is 3. The normalized spacial score (nSPS) is 12.4. The number of aromatic hydroxyl groups is 1. The summed E-state index contributed by atoms with van der Waals surface area (Å²) >= 11 is 0. The van der Waals surface area contributed by atoms with Crippen molar-refractivity contribution in [1.29, 1.82) is 0 Å². The molecular weight excluding hydrogens is 743 g/mol. The van der Waals surface area contributed by atoms with E-state index in [0.717, 1.165) is 72.5 Å². The van der Waals surface area contributed by atoms with Gasteiger partial charge >= 0.3 is 0 Å². The minimum Gasteiger partial charge on any atom is -0.507 e. The van der Waals surface area contributed by atoms with Gasteiger partial charge in [0.1, 0.15) is 11.6 Å². The van der Waals surface area contributed by atoms with Crippen LogP contribution in [0.2, 0.25) is 0 Å². The standard InChI is InChI=1S/C57H61N3O/c1-34(2)39-27-41(29-42(28-39)50-26-25-38-21-16-17-23-49(38)58-50)44-22-18-24-51-52(44)59-55(47-32-43(56(7,8)9)33-48(54(47)61)57(10,11)12)60(51)53-45(35(3)4)30-40(31-46(53)36(5)6)37-19-14-13-15-20-37/h13-36,61H,1-12H3. The van der Waals surface area contributed by atoms with Crippen LogP contribution in [0.4, 0.5) is 0 Å². The quantitative estimate of drug-likeness (QED) is 0.166. The first-order chi connectivity index (χ1) is 28.9. The number of rotatable bonds is 8. The summed E-state index contributed by atoms with van der Waals surface area (Å²) in [4.78, 5) is 10.9. The second-order valence-electron chi connectivity index (χ2n) is 19.9. The van der Waals surface area contributed by atoms with Crippen LogP contribution < -0.4 is 0 Å². The van der Waals surface area contributed by atoms with Crippen molar-refractivity contribution in [2.24, 2.45) is 0 Å². The van der Waals surface area contributed by atoms with Gasteiger partial charge in [0, 0.05) is 22.1 Å². The number of benzene rings is 6. The lowest BCUT2D eigenvalue weighted by atomic mass is 9.78. The average molecular weight is 804 g/mol. The fourth-order valence-electron chi connectivity index (χ4n) is 8.68. The fraction of sp³-hybridized carbons (Fsp3) is 0.298. The van der Waals surface area contributed by atoms with Gasteiger partial charge in [-0.1, -0.05) is 162 Å². The number of phenolic OH excluding ortho intramolecular Hbond substituents is 1. The molecule has 8 aromatic rings. The topological polar surface area (TPSA) is 50.9 Å². The maximum absolute atomic E-state index is 12.6. The first-order valence-electron chi connectivity index (χ1n) is 22.1. The highest BCUT2D eigenvalue weighted by atomic mass is 16.3. The van der Waals surface area contributed by atoms with Crippen molar-refractivity contribution in [2.75, 3.05) is 0 Å². The lowest BCUT2D eigenvalue weighted by Crippen LogP contribution is -2.17. The van der Waals surface area contributed by atoms with Crippen LogP contribution in [0.5, 0.6) is 5.75 Å². The molecule has 2 heterocycles. The van der Waals surface area contributed by atoms with E-state index in [1.54, 1.807) is 0 Å². The van der Waals surface area contributed by atoms with Crippen LogP contribution in [-0.4, -0.2) is 19.6 Å². The van der Waals surface area contributed by atoms with E-state index in [4.69, 9.17) is 9.97 Å². The molecule has 4 heteroatoms. The number of imidazole rings is 1. The van der Waals surface area contributed by atoms with E-state index in [1.807, 2.05) is 6.07 Å². The van der Waals surface area contributed by atoms with Gasteiger partial charge in [-0.15, -0.1) is 0 Å². The predicted octanol–water partition coefficient (Wildman–Crippen LogP) is 15.9. The van der Waals surface area contributed by atoms with Gasteiger partial charge in [-0.3, -0.25) is 4.57 Å². The third kappa shape index (κ3) is 7.89. The number of pyridine rings is 1. The largest absolute Gasteiger partial charge is 0.507 e. The second kappa shape index (κ2) is 15.8. The van der Waals surface area contributed by atoms with Crippen LogP contribution in [0, 0.1) is 0 Å². The molecule has 0 saturated carbocycles. The molecule has 0 radical (unpaired) electrons. The third-order valence-corrected chi connectivity index (χ3v) is 12.3. The molecule has 0 saturated heterocycles. The maximum atomic E-state index is 12.6. The van der Waals surface area contributed by atoms with Crippen LogP contribution in [-0.2, 0) is 10.8 Å². The Morgan fingerprint density at radius 1 is 0.525 bits per heavy atom. The molecule has 0 aliphatic rings. The first-order valence-corrected chi connectivity index (χ1v) is 22.1. The van der Waals surface area contributed by atoms with E-state index >= 15 is 0 Å². The number of hydrogen-bond donors (Lipinski definition) is 1. The minimum absolute atomic E-state index is 0.168. The summed E-state index contributed by atoms with van der Waals surface area (Å²) in [5.41, 5.74) is 16.6. The van der Waals surface area contributed by atoms with Gasteiger partial charge in [-0.05, 0) is 116 Å². The van der Waals surface area contributed by atoms with E-state index in [9.17, 15) is 5.11 Å². The molecule has 0 aliphatic heterocycles.